The van der Waals surface area contributed by atoms with Crippen LogP contribution in [0.1, 0.15) is 46.0 Å². The van der Waals surface area contributed by atoms with Gasteiger partial charge in [0.1, 0.15) is 0 Å². The highest BCUT2D eigenvalue weighted by atomic mass is 16.2. The van der Waals surface area contributed by atoms with Crippen molar-refractivity contribution in [3.05, 3.63) is 0 Å². The monoisotopic (exact) mass is 255 g/mol. The van der Waals surface area contributed by atoms with E-state index in [0.29, 0.717) is 38.3 Å². The maximum Gasteiger partial charge on any atom is 0.242 e. The Kier molecular flexibility index (Phi) is 5.14. The van der Waals surface area contributed by atoms with E-state index in [9.17, 15) is 9.59 Å². The largest absolute Gasteiger partial charge is 0.370 e. The van der Waals surface area contributed by atoms with E-state index in [0.717, 1.165) is 12.8 Å². The first-order chi connectivity index (χ1) is 8.42. The topological polar surface area (TPSA) is 89.4 Å². The summed E-state index contributed by atoms with van der Waals surface area (Å²) in [6.45, 7) is 5.27. The standard InChI is InChI=1S/C13H25N3O2/c1-3-13(15,4-2)12(18)16-7-5-10(6-8-16)9-11(14)17/h10H,3-9,15H2,1-2H3,(H2,14,17). The summed E-state index contributed by atoms with van der Waals surface area (Å²) >= 11 is 0. The Morgan fingerprint density at radius 2 is 1.72 bits per heavy atom. The molecule has 1 fully saturated rings. The fraction of sp³-hybridized carbons (Fsp3) is 0.846. The second-order valence-electron chi connectivity index (χ2n) is 5.27. The number of primary amides is 1. The summed E-state index contributed by atoms with van der Waals surface area (Å²) < 4.78 is 0. The van der Waals surface area contributed by atoms with Crippen molar-refractivity contribution in [3.63, 3.8) is 0 Å². The molecule has 5 nitrogen and oxygen atoms in total. The quantitative estimate of drug-likeness (QED) is 0.754. The zero-order valence-corrected chi connectivity index (χ0v) is 11.4. The molecule has 1 heterocycles. The molecule has 1 aliphatic heterocycles. The average Bonchev–Trinajstić information content (AvgIpc) is 2.37. The van der Waals surface area contributed by atoms with Crippen molar-refractivity contribution in [2.45, 2.75) is 51.5 Å². The third kappa shape index (κ3) is 3.45. The first-order valence-electron chi connectivity index (χ1n) is 6.79. The lowest BCUT2D eigenvalue weighted by Gasteiger charge is -2.37. The lowest BCUT2D eigenvalue weighted by molar-refractivity contribution is -0.138. The molecule has 18 heavy (non-hydrogen) atoms. The van der Waals surface area contributed by atoms with Crippen LogP contribution in [0, 0.1) is 5.92 Å². The van der Waals surface area contributed by atoms with Crippen LogP contribution in [0.5, 0.6) is 0 Å². The fourth-order valence-electron chi connectivity index (χ4n) is 2.49. The molecule has 0 atom stereocenters. The molecule has 0 saturated carbocycles. The predicted octanol–water partition coefficient (Wildman–Crippen LogP) is 0.618. The molecule has 0 spiro atoms. The summed E-state index contributed by atoms with van der Waals surface area (Å²) in [5.74, 6) is 0.113. The highest BCUT2D eigenvalue weighted by Gasteiger charge is 2.35. The van der Waals surface area contributed by atoms with E-state index < -0.39 is 5.54 Å². The Balaban J connectivity index is 2.52. The lowest BCUT2D eigenvalue weighted by atomic mass is 9.89. The number of nitrogens with zero attached hydrogens (tertiary/aromatic N) is 1. The van der Waals surface area contributed by atoms with E-state index >= 15 is 0 Å². The van der Waals surface area contributed by atoms with E-state index in [-0.39, 0.29) is 11.8 Å². The molecule has 1 aliphatic rings. The van der Waals surface area contributed by atoms with Gasteiger partial charge >= 0.3 is 0 Å². The smallest absolute Gasteiger partial charge is 0.242 e. The molecule has 0 aromatic heterocycles. The Bertz CT molecular complexity index is 305. The number of hydrogen-bond acceptors (Lipinski definition) is 3. The highest BCUT2D eigenvalue weighted by molar-refractivity contribution is 5.86. The summed E-state index contributed by atoms with van der Waals surface area (Å²) in [7, 11) is 0. The van der Waals surface area contributed by atoms with Gasteiger partial charge in [-0.2, -0.15) is 0 Å². The van der Waals surface area contributed by atoms with Crippen LogP contribution in [-0.2, 0) is 9.59 Å². The minimum atomic E-state index is -0.726. The molecule has 104 valence electrons. The Labute approximate surface area is 109 Å². The average molecular weight is 255 g/mol. The number of piperidine rings is 1. The number of rotatable bonds is 5. The Hall–Kier alpha value is -1.10. The van der Waals surface area contributed by atoms with E-state index in [1.807, 2.05) is 18.7 Å². The van der Waals surface area contributed by atoms with E-state index in [4.69, 9.17) is 11.5 Å². The minimum absolute atomic E-state index is 0.0463. The zero-order valence-electron chi connectivity index (χ0n) is 11.4. The highest BCUT2D eigenvalue weighted by Crippen LogP contribution is 2.23. The lowest BCUT2D eigenvalue weighted by Crippen LogP contribution is -2.56. The molecular formula is C13H25N3O2. The van der Waals surface area contributed by atoms with Crippen LogP contribution >= 0.6 is 0 Å². The van der Waals surface area contributed by atoms with Gasteiger partial charge in [0.2, 0.25) is 11.8 Å². The van der Waals surface area contributed by atoms with Gasteiger partial charge in [0, 0.05) is 19.5 Å². The summed E-state index contributed by atoms with van der Waals surface area (Å²) in [5.41, 5.74) is 10.6. The third-order valence-electron chi connectivity index (χ3n) is 4.08. The summed E-state index contributed by atoms with van der Waals surface area (Å²) in [5, 5.41) is 0. The number of amides is 2. The van der Waals surface area contributed by atoms with Crippen LogP contribution in [0.4, 0.5) is 0 Å². The molecule has 0 radical (unpaired) electrons. The van der Waals surface area contributed by atoms with Gasteiger partial charge in [-0.1, -0.05) is 13.8 Å². The SMILES string of the molecule is CCC(N)(CC)C(=O)N1CCC(CC(N)=O)CC1. The summed E-state index contributed by atoms with van der Waals surface area (Å²) in [4.78, 5) is 25.0. The van der Waals surface area contributed by atoms with E-state index in [1.54, 1.807) is 0 Å². The third-order valence-corrected chi connectivity index (χ3v) is 4.08. The molecule has 5 heteroatoms. The van der Waals surface area contributed by atoms with Crippen LogP contribution in [-0.4, -0.2) is 35.3 Å². The van der Waals surface area contributed by atoms with Crippen molar-refractivity contribution in [2.75, 3.05) is 13.1 Å². The summed E-state index contributed by atoms with van der Waals surface area (Å²) in [6.07, 6.45) is 3.43. The molecule has 2 amide bonds. The van der Waals surface area contributed by atoms with Gasteiger partial charge < -0.3 is 16.4 Å². The van der Waals surface area contributed by atoms with Crippen molar-refractivity contribution in [3.8, 4) is 0 Å². The van der Waals surface area contributed by atoms with Crippen LogP contribution in [0.3, 0.4) is 0 Å². The van der Waals surface area contributed by atoms with Crippen LogP contribution < -0.4 is 11.5 Å². The van der Waals surface area contributed by atoms with Gasteiger partial charge in [-0.05, 0) is 31.6 Å². The molecule has 0 aliphatic carbocycles. The van der Waals surface area contributed by atoms with Crippen LogP contribution in [0.2, 0.25) is 0 Å². The fourth-order valence-corrected chi connectivity index (χ4v) is 2.49. The molecule has 1 saturated heterocycles. The molecule has 0 aromatic rings. The number of carbonyl (C=O) groups is 2. The maximum absolute atomic E-state index is 12.3. The van der Waals surface area contributed by atoms with Gasteiger partial charge in [0.25, 0.3) is 0 Å². The first-order valence-corrected chi connectivity index (χ1v) is 6.79. The number of carbonyl (C=O) groups excluding carboxylic acids is 2. The predicted molar refractivity (Wildman–Crippen MR) is 70.6 cm³/mol. The van der Waals surface area contributed by atoms with E-state index in [2.05, 4.69) is 0 Å². The summed E-state index contributed by atoms with van der Waals surface area (Å²) in [6, 6.07) is 0. The van der Waals surface area contributed by atoms with E-state index in [1.165, 1.54) is 0 Å². The van der Waals surface area contributed by atoms with Crippen LogP contribution in [0.25, 0.3) is 0 Å². The Morgan fingerprint density at radius 3 is 2.11 bits per heavy atom. The minimum Gasteiger partial charge on any atom is -0.370 e. The molecule has 0 bridgehead atoms. The van der Waals surface area contributed by atoms with Crippen molar-refractivity contribution < 1.29 is 9.59 Å². The Morgan fingerprint density at radius 1 is 1.22 bits per heavy atom. The number of hydrogen-bond donors (Lipinski definition) is 2. The maximum atomic E-state index is 12.3. The van der Waals surface area contributed by atoms with Crippen molar-refractivity contribution in [1.82, 2.24) is 4.90 Å². The number of likely N-dealkylation sites (tertiary alicyclic amines) is 1. The van der Waals surface area contributed by atoms with Crippen LogP contribution in [0.15, 0.2) is 0 Å². The van der Waals surface area contributed by atoms with Crippen molar-refractivity contribution in [2.24, 2.45) is 17.4 Å². The molecule has 0 unspecified atom stereocenters. The van der Waals surface area contributed by atoms with Crippen molar-refractivity contribution >= 4 is 11.8 Å². The molecule has 0 aromatic carbocycles. The van der Waals surface area contributed by atoms with Crippen molar-refractivity contribution in [1.29, 1.82) is 0 Å². The van der Waals surface area contributed by atoms with Gasteiger partial charge in [-0.3, -0.25) is 9.59 Å². The van der Waals surface area contributed by atoms with Gasteiger partial charge in [0.05, 0.1) is 5.54 Å². The van der Waals surface area contributed by atoms with Gasteiger partial charge in [-0.25, -0.2) is 0 Å². The number of nitrogens with two attached hydrogens (primary N) is 2. The second kappa shape index (κ2) is 6.18. The molecule has 4 N–H and O–H groups in total. The molecule has 1 rings (SSSR count). The second-order valence-corrected chi connectivity index (χ2v) is 5.27. The zero-order chi connectivity index (χ0) is 13.8. The van der Waals surface area contributed by atoms with Gasteiger partial charge in [-0.15, -0.1) is 0 Å². The molecular weight excluding hydrogens is 230 g/mol. The first kappa shape index (κ1) is 15.0. The normalized spacial score (nSPS) is 17.8. The van der Waals surface area contributed by atoms with Gasteiger partial charge in [0.15, 0.2) is 0 Å².